The van der Waals surface area contributed by atoms with E-state index in [0.29, 0.717) is 11.6 Å². The number of phenols is 1. The Labute approximate surface area is 107 Å². The average molecular weight is 257 g/mol. The summed E-state index contributed by atoms with van der Waals surface area (Å²) in [5, 5.41) is 17.5. The molecule has 17 heavy (non-hydrogen) atoms. The summed E-state index contributed by atoms with van der Waals surface area (Å²) < 4.78 is 5.03. The molecule has 1 fully saturated rings. The second-order valence-electron chi connectivity index (χ2n) is 3.93. The number of nitrogens with one attached hydrogen (secondary N) is 1. The van der Waals surface area contributed by atoms with Gasteiger partial charge in [-0.15, -0.1) is 12.4 Å². The molecule has 1 aliphatic rings. The van der Waals surface area contributed by atoms with E-state index in [-0.39, 0.29) is 18.2 Å². The SMILES string of the molecule is COc1cc(C(=N)N2CCCC2)ccc1O.Cl. The van der Waals surface area contributed by atoms with Gasteiger partial charge in [0.25, 0.3) is 0 Å². The summed E-state index contributed by atoms with van der Waals surface area (Å²) in [6.45, 7) is 1.89. The number of benzene rings is 1. The molecule has 0 bridgehead atoms. The normalized spacial score (nSPS) is 14.3. The number of likely N-dealkylation sites (tertiary alicyclic amines) is 1. The van der Waals surface area contributed by atoms with Crippen molar-refractivity contribution in [1.29, 1.82) is 5.41 Å². The van der Waals surface area contributed by atoms with Crippen molar-refractivity contribution < 1.29 is 9.84 Å². The molecular formula is C12H17ClN2O2. The van der Waals surface area contributed by atoms with Gasteiger partial charge in [-0.05, 0) is 31.0 Å². The van der Waals surface area contributed by atoms with E-state index in [1.807, 2.05) is 4.90 Å². The van der Waals surface area contributed by atoms with Crippen molar-refractivity contribution in [3.8, 4) is 11.5 Å². The van der Waals surface area contributed by atoms with Gasteiger partial charge in [-0.2, -0.15) is 0 Å². The first-order valence-corrected chi connectivity index (χ1v) is 5.43. The first-order valence-electron chi connectivity index (χ1n) is 5.43. The lowest BCUT2D eigenvalue weighted by atomic mass is 10.1. The third kappa shape index (κ3) is 2.82. The number of nitrogens with zero attached hydrogens (tertiary/aromatic N) is 1. The maximum Gasteiger partial charge on any atom is 0.161 e. The molecule has 0 aromatic heterocycles. The Balaban J connectivity index is 0.00000144. The van der Waals surface area contributed by atoms with Crippen molar-refractivity contribution in [2.45, 2.75) is 12.8 Å². The fourth-order valence-electron chi connectivity index (χ4n) is 1.95. The van der Waals surface area contributed by atoms with Crippen molar-refractivity contribution >= 4 is 18.2 Å². The van der Waals surface area contributed by atoms with E-state index in [9.17, 15) is 5.11 Å². The Morgan fingerprint density at radius 3 is 2.59 bits per heavy atom. The largest absolute Gasteiger partial charge is 0.504 e. The highest BCUT2D eigenvalue weighted by Crippen LogP contribution is 2.27. The zero-order chi connectivity index (χ0) is 11.5. The number of aromatic hydroxyl groups is 1. The summed E-state index contributed by atoms with van der Waals surface area (Å²) in [6.07, 6.45) is 2.30. The quantitative estimate of drug-likeness (QED) is 0.630. The highest BCUT2D eigenvalue weighted by atomic mass is 35.5. The second-order valence-corrected chi connectivity index (χ2v) is 3.93. The summed E-state index contributed by atoms with van der Waals surface area (Å²) in [7, 11) is 1.51. The Morgan fingerprint density at radius 2 is 2.00 bits per heavy atom. The van der Waals surface area contributed by atoms with Gasteiger partial charge in [0.15, 0.2) is 11.5 Å². The predicted octanol–water partition coefficient (Wildman–Crippen LogP) is 2.24. The van der Waals surface area contributed by atoms with Crippen LogP contribution in [-0.2, 0) is 0 Å². The zero-order valence-corrected chi connectivity index (χ0v) is 10.6. The molecule has 0 aliphatic carbocycles. The molecule has 2 rings (SSSR count). The van der Waals surface area contributed by atoms with Crippen LogP contribution in [0.5, 0.6) is 11.5 Å². The molecule has 94 valence electrons. The number of rotatable bonds is 2. The molecule has 0 saturated carbocycles. The molecule has 2 N–H and O–H groups in total. The predicted molar refractivity (Wildman–Crippen MR) is 69.5 cm³/mol. The maximum atomic E-state index is 9.47. The first-order chi connectivity index (χ1) is 7.72. The average Bonchev–Trinajstić information content (AvgIpc) is 2.82. The molecule has 4 nitrogen and oxygen atoms in total. The molecule has 1 aliphatic heterocycles. The Bertz CT molecular complexity index is 403. The molecule has 1 heterocycles. The smallest absolute Gasteiger partial charge is 0.161 e. The van der Waals surface area contributed by atoms with Crippen LogP contribution in [0.15, 0.2) is 18.2 Å². The molecule has 0 radical (unpaired) electrons. The molecule has 1 aromatic carbocycles. The van der Waals surface area contributed by atoms with Gasteiger partial charge in [0, 0.05) is 18.7 Å². The fraction of sp³-hybridized carbons (Fsp3) is 0.417. The number of methoxy groups -OCH3 is 1. The van der Waals surface area contributed by atoms with Gasteiger partial charge < -0.3 is 14.7 Å². The Hall–Kier alpha value is -1.42. The van der Waals surface area contributed by atoms with Crippen molar-refractivity contribution in [2.75, 3.05) is 20.2 Å². The summed E-state index contributed by atoms with van der Waals surface area (Å²) in [4.78, 5) is 2.05. The van der Waals surface area contributed by atoms with E-state index in [4.69, 9.17) is 10.1 Å². The van der Waals surface area contributed by atoms with Gasteiger partial charge in [0.1, 0.15) is 5.84 Å². The number of amidine groups is 1. The summed E-state index contributed by atoms with van der Waals surface area (Å²) in [5.74, 6) is 1.04. The highest BCUT2D eigenvalue weighted by Gasteiger charge is 2.17. The second kappa shape index (κ2) is 5.77. The van der Waals surface area contributed by atoms with Crippen LogP contribution in [0.4, 0.5) is 0 Å². The standard InChI is InChI=1S/C12H16N2O2.ClH/c1-16-11-8-9(4-5-10(11)15)12(13)14-6-2-3-7-14;/h4-5,8,13,15H,2-3,6-7H2,1H3;1H. The van der Waals surface area contributed by atoms with Crippen LogP contribution in [-0.4, -0.2) is 36.0 Å². The Kier molecular flexibility index (Phi) is 4.63. The van der Waals surface area contributed by atoms with Crippen LogP contribution >= 0.6 is 12.4 Å². The van der Waals surface area contributed by atoms with E-state index in [2.05, 4.69) is 0 Å². The Morgan fingerprint density at radius 1 is 1.35 bits per heavy atom. The van der Waals surface area contributed by atoms with E-state index < -0.39 is 0 Å². The van der Waals surface area contributed by atoms with E-state index in [1.165, 1.54) is 7.11 Å². The summed E-state index contributed by atoms with van der Waals surface area (Å²) in [6, 6.07) is 5.02. The van der Waals surface area contributed by atoms with Crippen LogP contribution < -0.4 is 4.74 Å². The van der Waals surface area contributed by atoms with E-state index in [0.717, 1.165) is 31.5 Å². The minimum atomic E-state index is 0. The van der Waals surface area contributed by atoms with Gasteiger partial charge in [0.2, 0.25) is 0 Å². The molecule has 0 unspecified atom stereocenters. The summed E-state index contributed by atoms with van der Waals surface area (Å²) in [5.41, 5.74) is 0.788. The molecule has 1 saturated heterocycles. The summed E-state index contributed by atoms with van der Waals surface area (Å²) >= 11 is 0. The maximum absolute atomic E-state index is 9.47. The van der Waals surface area contributed by atoms with Gasteiger partial charge in [0.05, 0.1) is 7.11 Å². The first kappa shape index (κ1) is 13.6. The van der Waals surface area contributed by atoms with Gasteiger partial charge in [-0.25, -0.2) is 0 Å². The molecule has 5 heteroatoms. The van der Waals surface area contributed by atoms with Gasteiger partial charge >= 0.3 is 0 Å². The molecule has 0 atom stereocenters. The van der Waals surface area contributed by atoms with Crippen LogP contribution in [0.25, 0.3) is 0 Å². The lowest BCUT2D eigenvalue weighted by molar-refractivity contribution is 0.373. The minimum absolute atomic E-state index is 0. The van der Waals surface area contributed by atoms with Crippen molar-refractivity contribution in [3.63, 3.8) is 0 Å². The van der Waals surface area contributed by atoms with Crippen molar-refractivity contribution in [1.82, 2.24) is 4.90 Å². The van der Waals surface area contributed by atoms with Crippen LogP contribution in [0, 0.1) is 5.41 Å². The number of ether oxygens (including phenoxy) is 1. The van der Waals surface area contributed by atoms with E-state index in [1.54, 1.807) is 18.2 Å². The molecule has 0 amide bonds. The number of hydrogen-bond donors (Lipinski definition) is 2. The lowest BCUT2D eigenvalue weighted by Gasteiger charge is -2.18. The lowest BCUT2D eigenvalue weighted by Crippen LogP contribution is -2.27. The number of phenolic OH excluding ortho intramolecular Hbond substituents is 1. The van der Waals surface area contributed by atoms with Crippen LogP contribution in [0.2, 0.25) is 0 Å². The van der Waals surface area contributed by atoms with Crippen LogP contribution in [0.1, 0.15) is 18.4 Å². The molecule has 1 aromatic rings. The zero-order valence-electron chi connectivity index (χ0n) is 9.77. The third-order valence-corrected chi connectivity index (χ3v) is 2.88. The van der Waals surface area contributed by atoms with E-state index >= 15 is 0 Å². The highest BCUT2D eigenvalue weighted by molar-refractivity contribution is 5.97. The fourth-order valence-corrected chi connectivity index (χ4v) is 1.95. The van der Waals surface area contributed by atoms with Crippen LogP contribution in [0.3, 0.4) is 0 Å². The van der Waals surface area contributed by atoms with Crippen molar-refractivity contribution in [3.05, 3.63) is 23.8 Å². The van der Waals surface area contributed by atoms with Crippen molar-refractivity contribution in [2.24, 2.45) is 0 Å². The van der Waals surface area contributed by atoms with Gasteiger partial charge in [-0.1, -0.05) is 0 Å². The monoisotopic (exact) mass is 256 g/mol. The molecule has 0 spiro atoms. The topological polar surface area (TPSA) is 56.5 Å². The third-order valence-electron chi connectivity index (χ3n) is 2.88. The minimum Gasteiger partial charge on any atom is -0.504 e. The number of halogens is 1. The number of hydrogen-bond acceptors (Lipinski definition) is 3. The van der Waals surface area contributed by atoms with Gasteiger partial charge in [-0.3, -0.25) is 5.41 Å². The molecular weight excluding hydrogens is 240 g/mol.